The molecule has 0 aliphatic rings. The predicted octanol–water partition coefficient (Wildman–Crippen LogP) is 15.2. The number of benzene rings is 9. The van der Waals surface area contributed by atoms with Crippen LogP contribution < -0.4 is 4.90 Å². The summed E-state index contributed by atoms with van der Waals surface area (Å²) in [4.78, 5) is 2.34. The first-order valence-corrected chi connectivity index (χ1v) is 19.4. The molecule has 0 fully saturated rings. The summed E-state index contributed by atoms with van der Waals surface area (Å²) in [6.07, 6.45) is 0. The maximum Gasteiger partial charge on any atom is 0.135 e. The highest BCUT2D eigenvalue weighted by molar-refractivity contribution is 6.11. The highest BCUT2D eigenvalue weighted by atomic mass is 16.3. The van der Waals surface area contributed by atoms with Gasteiger partial charge in [0.15, 0.2) is 0 Å². The molecule has 9 aromatic carbocycles. The standard InChI is InChI=1S/C54H36N2O/c1-4-12-37(13-5-1)39-20-26-44(27-21-39)55(46-30-33-54-50(36-46)49-35-42(25-32-53(49)57-54)38-14-6-2-7-15-38)45-28-22-40(23-29-45)41-24-31-52-48(34-41)47-18-10-11-19-51(47)56(52)43-16-8-3-9-17-43/h1-36H. The maximum absolute atomic E-state index is 6.38. The van der Waals surface area contributed by atoms with Gasteiger partial charge in [-0.1, -0.05) is 133 Å². The quantitative estimate of drug-likeness (QED) is 0.163. The molecular formula is C54H36N2O. The molecule has 0 amide bonds. The molecule has 0 saturated carbocycles. The molecule has 3 nitrogen and oxygen atoms in total. The molecule has 3 heteroatoms. The van der Waals surface area contributed by atoms with E-state index >= 15 is 0 Å². The number of fused-ring (bicyclic) bond motifs is 6. The van der Waals surface area contributed by atoms with E-state index in [0.29, 0.717) is 0 Å². The second-order valence-electron chi connectivity index (χ2n) is 14.6. The second kappa shape index (κ2) is 13.6. The van der Waals surface area contributed by atoms with Crippen molar-refractivity contribution in [1.29, 1.82) is 0 Å². The van der Waals surface area contributed by atoms with Crippen LogP contribution in [0.5, 0.6) is 0 Å². The number of rotatable bonds is 7. The molecular weight excluding hydrogens is 693 g/mol. The van der Waals surface area contributed by atoms with Crippen molar-refractivity contribution in [2.45, 2.75) is 0 Å². The summed E-state index contributed by atoms with van der Waals surface area (Å²) < 4.78 is 8.74. The number of anilines is 3. The average Bonchev–Trinajstić information content (AvgIpc) is 3.82. The van der Waals surface area contributed by atoms with E-state index in [0.717, 1.165) is 44.7 Å². The molecule has 0 bridgehead atoms. The molecule has 11 aromatic rings. The molecule has 11 rings (SSSR count). The van der Waals surface area contributed by atoms with Crippen LogP contribution in [0.2, 0.25) is 0 Å². The lowest BCUT2D eigenvalue weighted by Crippen LogP contribution is -2.09. The lowest BCUT2D eigenvalue weighted by Gasteiger charge is -2.26. The first-order chi connectivity index (χ1) is 28.2. The van der Waals surface area contributed by atoms with Crippen LogP contribution in [0, 0.1) is 0 Å². The van der Waals surface area contributed by atoms with Gasteiger partial charge in [0, 0.05) is 44.3 Å². The Hall–Kier alpha value is -7.62. The van der Waals surface area contributed by atoms with Gasteiger partial charge in [0.05, 0.1) is 11.0 Å². The summed E-state index contributed by atoms with van der Waals surface area (Å²) in [7, 11) is 0. The Morgan fingerprint density at radius 2 is 0.737 bits per heavy atom. The molecule has 0 aliphatic carbocycles. The summed E-state index contributed by atoms with van der Waals surface area (Å²) in [5, 5.41) is 4.68. The van der Waals surface area contributed by atoms with Crippen LogP contribution in [-0.2, 0) is 0 Å². The fourth-order valence-corrected chi connectivity index (χ4v) is 8.41. The highest BCUT2D eigenvalue weighted by Gasteiger charge is 2.18. The van der Waals surface area contributed by atoms with Gasteiger partial charge in [0.1, 0.15) is 11.2 Å². The molecule has 0 atom stereocenters. The third-order valence-electron chi connectivity index (χ3n) is 11.2. The van der Waals surface area contributed by atoms with Gasteiger partial charge in [0.2, 0.25) is 0 Å². The number of hydrogen-bond donors (Lipinski definition) is 0. The van der Waals surface area contributed by atoms with Gasteiger partial charge in [-0.3, -0.25) is 0 Å². The zero-order chi connectivity index (χ0) is 37.7. The van der Waals surface area contributed by atoms with Crippen molar-refractivity contribution in [3.8, 4) is 39.1 Å². The minimum atomic E-state index is 0.873. The van der Waals surface area contributed by atoms with Gasteiger partial charge in [-0.05, 0) is 118 Å². The van der Waals surface area contributed by atoms with E-state index in [1.165, 1.54) is 55.2 Å². The molecule has 2 aromatic heterocycles. The Bertz CT molecular complexity index is 3200. The van der Waals surface area contributed by atoms with Crippen molar-refractivity contribution in [3.63, 3.8) is 0 Å². The highest BCUT2D eigenvalue weighted by Crippen LogP contribution is 2.41. The van der Waals surface area contributed by atoms with E-state index < -0.39 is 0 Å². The van der Waals surface area contributed by atoms with E-state index in [-0.39, 0.29) is 0 Å². The van der Waals surface area contributed by atoms with Gasteiger partial charge in [0.25, 0.3) is 0 Å². The number of nitrogens with zero attached hydrogens (tertiary/aromatic N) is 2. The summed E-state index contributed by atoms with van der Waals surface area (Å²) in [5.41, 5.74) is 15.6. The Morgan fingerprint density at radius 1 is 0.298 bits per heavy atom. The summed E-state index contributed by atoms with van der Waals surface area (Å²) in [6.45, 7) is 0. The number of para-hydroxylation sites is 2. The van der Waals surface area contributed by atoms with Gasteiger partial charge >= 0.3 is 0 Å². The Labute approximate surface area is 330 Å². The van der Waals surface area contributed by atoms with Crippen molar-refractivity contribution in [1.82, 2.24) is 4.57 Å². The smallest absolute Gasteiger partial charge is 0.135 e. The van der Waals surface area contributed by atoms with Gasteiger partial charge in [-0.25, -0.2) is 0 Å². The fraction of sp³-hybridized carbons (Fsp3) is 0. The SMILES string of the molecule is c1ccc(-c2ccc(N(c3ccc(-c4ccc5c(c4)c4ccccc4n5-c4ccccc4)cc3)c3ccc4oc5ccc(-c6ccccc6)cc5c4c3)cc2)cc1. The van der Waals surface area contributed by atoms with Crippen molar-refractivity contribution in [2.24, 2.45) is 0 Å². The molecule has 268 valence electrons. The third kappa shape index (κ3) is 5.76. The molecule has 0 aliphatic heterocycles. The zero-order valence-corrected chi connectivity index (χ0v) is 31.1. The topological polar surface area (TPSA) is 21.3 Å². The summed E-state index contributed by atoms with van der Waals surface area (Å²) >= 11 is 0. The van der Waals surface area contributed by atoms with Crippen molar-refractivity contribution in [2.75, 3.05) is 4.90 Å². The van der Waals surface area contributed by atoms with E-state index in [4.69, 9.17) is 4.42 Å². The average molecular weight is 729 g/mol. The van der Waals surface area contributed by atoms with Gasteiger partial charge < -0.3 is 13.9 Å². The lowest BCUT2D eigenvalue weighted by molar-refractivity contribution is 0.669. The van der Waals surface area contributed by atoms with Crippen molar-refractivity contribution >= 4 is 60.8 Å². The van der Waals surface area contributed by atoms with E-state index in [9.17, 15) is 0 Å². The summed E-state index contributed by atoms with van der Waals surface area (Å²) in [5.74, 6) is 0. The normalized spacial score (nSPS) is 11.5. The number of aromatic nitrogens is 1. The van der Waals surface area contributed by atoms with Crippen LogP contribution in [0.1, 0.15) is 0 Å². The Morgan fingerprint density at radius 3 is 1.40 bits per heavy atom. The largest absolute Gasteiger partial charge is 0.456 e. The van der Waals surface area contributed by atoms with E-state index in [1.807, 2.05) is 0 Å². The van der Waals surface area contributed by atoms with Crippen molar-refractivity contribution in [3.05, 3.63) is 218 Å². The zero-order valence-electron chi connectivity index (χ0n) is 31.1. The Kier molecular flexibility index (Phi) is 7.82. The first-order valence-electron chi connectivity index (χ1n) is 19.4. The van der Waals surface area contributed by atoms with E-state index in [2.05, 4.69) is 228 Å². The molecule has 0 spiro atoms. The molecule has 0 N–H and O–H groups in total. The maximum atomic E-state index is 6.38. The van der Waals surface area contributed by atoms with Crippen molar-refractivity contribution < 1.29 is 4.42 Å². The van der Waals surface area contributed by atoms with Crippen LogP contribution in [0.25, 0.3) is 82.8 Å². The summed E-state index contributed by atoms with van der Waals surface area (Å²) in [6, 6.07) is 78.1. The van der Waals surface area contributed by atoms with Crippen LogP contribution >= 0.6 is 0 Å². The number of furan rings is 1. The van der Waals surface area contributed by atoms with Crippen LogP contribution in [-0.4, -0.2) is 4.57 Å². The minimum absolute atomic E-state index is 0.873. The van der Waals surface area contributed by atoms with Crippen LogP contribution in [0.3, 0.4) is 0 Å². The molecule has 0 saturated heterocycles. The van der Waals surface area contributed by atoms with Crippen LogP contribution in [0.15, 0.2) is 223 Å². The fourth-order valence-electron chi connectivity index (χ4n) is 8.41. The third-order valence-corrected chi connectivity index (χ3v) is 11.2. The second-order valence-corrected chi connectivity index (χ2v) is 14.6. The van der Waals surface area contributed by atoms with Gasteiger partial charge in [-0.2, -0.15) is 0 Å². The molecule has 2 heterocycles. The molecule has 57 heavy (non-hydrogen) atoms. The monoisotopic (exact) mass is 728 g/mol. The van der Waals surface area contributed by atoms with E-state index in [1.54, 1.807) is 0 Å². The molecule has 0 radical (unpaired) electrons. The lowest BCUT2D eigenvalue weighted by atomic mass is 10.0. The van der Waals surface area contributed by atoms with Gasteiger partial charge in [-0.15, -0.1) is 0 Å². The van der Waals surface area contributed by atoms with Crippen LogP contribution in [0.4, 0.5) is 17.1 Å². The molecule has 0 unspecified atom stereocenters. The predicted molar refractivity (Wildman–Crippen MR) is 239 cm³/mol. The Balaban J connectivity index is 1.02. The first kappa shape index (κ1) is 32.8. The minimum Gasteiger partial charge on any atom is -0.456 e. The number of hydrogen-bond acceptors (Lipinski definition) is 2.